The van der Waals surface area contributed by atoms with Gasteiger partial charge in [0.15, 0.2) is 0 Å². The summed E-state index contributed by atoms with van der Waals surface area (Å²) in [5.74, 6) is 0. The first-order chi connectivity index (χ1) is 6.74. The fourth-order valence-electron chi connectivity index (χ4n) is 1.72. The predicted molar refractivity (Wildman–Crippen MR) is 56.3 cm³/mol. The Morgan fingerprint density at radius 3 is 3.07 bits per heavy atom. The summed E-state index contributed by atoms with van der Waals surface area (Å²) in [6, 6.07) is 0.146. The molecule has 4 nitrogen and oxygen atoms in total. The first-order valence-electron chi connectivity index (χ1n) is 5.28. The summed E-state index contributed by atoms with van der Waals surface area (Å²) in [6.45, 7) is 3.56. The Kier molecular flexibility index (Phi) is 5.40. The molecule has 0 radical (unpaired) electrons. The third-order valence-corrected chi connectivity index (χ3v) is 2.66. The second kappa shape index (κ2) is 6.35. The zero-order chi connectivity index (χ0) is 10.4. The summed E-state index contributed by atoms with van der Waals surface area (Å²) in [5, 5.41) is 0. The first-order valence-corrected chi connectivity index (χ1v) is 5.28. The van der Waals surface area contributed by atoms with E-state index in [4.69, 9.17) is 15.2 Å². The summed E-state index contributed by atoms with van der Waals surface area (Å²) in [6.07, 6.45) is 2.19. The molecule has 1 aliphatic heterocycles. The van der Waals surface area contributed by atoms with E-state index in [9.17, 15) is 0 Å². The van der Waals surface area contributed by atoms with Crippen LogP contribution in [0.5, 0.6) is 0 Å². The van der Waals surface area contributed by atoms with Crippen LogP contribution >= 0.6 is 0 Å². The van der Waals surface area contributed by atoms with Gasteiger partial charge in [0.1, 0.15) is 0 Å². The van der Waals surface area contributed by atoms with Crippen LogP contribution in [0.1, 0.15) is 12.8 Å². The van der Waals surface area contributed by atoms with Gasteiger partial charge in [-0.15, -0.1) is 0 Å². The highest BCUT2D eigenvalue weighted by Gasteiger charge is 2.23. The van der Waals surface area contributed by atoms with Crippen LogP contribution in [-0.2, 0) is 9.47 Å². The van der Waals surface area contributed by atoms with Gasteiger partial charge in [-0.25, -0.2) is 0 Å². The van der Waals surface area contributed by atoms with Crippen molar-refractivity contribution < 1.29 is 9.47 Å². The number of hydrogen-bond donors (Lipinski definition) is 1. The molecular formula is C10H22N2O2. The molecule has 2 unspecified atom stereocenters. The molecule has 14 heavy (non-hydrogen) atoms. The van der Waals surface area contributed by atoms with Gasteiger partial charge < -0.3 is 20.1 Å². The van der Waals surface area contributed by atoms with Gasteiger partial charge in [-0.3, -0.25) is 0 Å². The van der Waals surface area contributed by atoms with Crippen molar-refractivity contribution in [3.8, 4) is 0 Å². The van der Waals surface area contributed by atoms with E-state index in [0.29, 0.717) is 0 Å². The van der Waals surface area contributed by atoms with Gasteiger partial charge in [-0.2, -0.15) is 0 Å². The van der Waals surface area contributed by atoms with E-state index in [2.05, 4.69) is 11.9 Å². The first kappa shape index (κ1) is 11.9. The predicted octanol–water partition coefficient (Wildman–Crippen LogP) is 0.0709. The van der Waals surface area contributed by atoms with E-state index < -0.39 is 0 Å². The minimum atomic E-state index is 0.146. The highest BCUT2D eigenvalue weighted by molar-refractivity contribution is 4.79. The highest BCUT2D eigenvalue weighted by Crippen LogP contribution is 2.09. The minimum Gasteiger partial charge on any atom is -0.385 e. The van der Waals surface area contributed by atoms with Crippen LogP contribution in [0.3, 0.4) is 0 Å². The number of nitrogens with zero attached hydrogens (tertiary/aromatic N) is 1. The molecule has 1 rings (SSSR count). The Morgan fingerprint density at radius 2 is 2.43 bits per heavy atom. The monoisotopic (exact) mass is 202 g/mol. The maximum absolute atomic E-state index is 6.04. The SMILES string of the molecule is COCCCC(N)C1CN(C)CCO1. The average Bonchev–Trinajstić information content (AvgIpc) is 2.18. The second-order valence-corrected chi connectivity index (χ2v) is 3.97. The van der Waals surface area contributed by atoms with Gasteiger partial charge in [0.05, 0.1) is 12.7 Å². The van der Waals surface area contributed by atoms with E-state index in [1.54, 1.807) is 7.11 Å². The number of rotatable bonds is 5. The Bertz CT molecular complexity index is 155. The summed E-state index contributed by atoms with van der Waals surface area (Å²) in [4.78, 5) is 2.27. The molecule has 2 atom stereocenters. The van der Waals surface area contributed by atoms with Crippen molar-refractivity contribution in [2.75, 3.05) is 40.5 Å². The largest absolute Gasteiger partial charge is 0.385 e. The Hall–Kier alpha value is -0.160. The third-order valence-electron chi connectivity index (χ3n) is 2.66. The number of nitrogens with two attached hydrogens (primary N) is 1. The number of ether oxygens (including phenoxy) is 2. The molecule has 0 aliphatic carbocycles. The molecule has 0 aromatic heterocycles. The molecular weight excluding hydrogens is 180 g/mol. The lowest BCUT2D eigenvalue weighted by Gasteiger charge is -2.33. The quantitative estimate of drug-likeness (QED) is 0.641. The molecule has 1 aliphatic rings. The molecule has 0 amide bonds. The lowest BCUT2D eigenvalue weighted by Crippen LogP contribution is -2.49. The van der Waals surface area contributed by atoms with Crippen LogP contribution in [0.15, 0.2) is 0 Å². The minimum absolute atomic E-state index is 0.146. The van der Waals surface area contributed by atoms with Crippen molar-refractivity contribution in [3.05, 3.63) is 0 Å². The normalized spacial score (nSPS) is 26.4. The zero-order valence-corrected chi connectivity index (χ0v) is 9.24. The molecule has 84 valence electrons. The van der Waals surface area contributed by atoms with Crippen LogP contribution in [0.4, 0.5) is 0 Å². The van der Waals surface area contributed by atoms with E-state index >= 15 is 0 Å². The van der Waals surface area contributed by atoms with Crippen LogP contribution in [0.25, 0.3) is 0 Å². The fourth-order valence-corrected chi connectivity index (χ4v) is 1.72. The summed E-state index contributed by atoms with van der Waals surface area (Å²) < 4.78 is 10.6. The molecule has 4 heteroatoms. The molecule has 1 heterocycles. The van der Waals surface area contributed by atoms with Gasteiger partial charge >= 0.3 is 0 Å². The average molecular weight is 202 g/mol. The van der Waals surface area contributed by atoms with Crippen LogP contribution in [0, 0.1) is 0 Å². The van der Waals surface area contributed by atoms with Crippen molar-refractivity contribution in [1.82, 2.24) is 4.90 Å². The van der Waals surface area contributed by atoms with Crippen molar-refractivity contribution in [1.29, 1.82) is 0 Å². The van der Waals surface area contributed by atoms with Gasteiger partial charge in [0, 0.05) is 32.8 Å². The smallest absolute Gasteiger partial charge is 0.0853 e. The molecule has 0 bridgehead atoms. The summed E-state index contributed by atoms with van der Waals surface area (Å²) >= 11 is 0. The van der Waals surface area contributed by atoms with Gasteiger partial charge in [-0.05, 0) is 19.9 Å². The second-order valence-electron chi connectivity index (χ2n) is 3.97. The molecule has 2 N–H and O–H groups in total. The Labute approximate surface area is 86.3 Å². The summed E-state index contributed by atoms with van der Waals surface area (Å²) in [7, 11) is 3.83. The van der Waals surface area contributed by atoms with Crippen molar-refractivity contribution in [2.24, 2.45) is 5.73 Å². The maximum atomic E-state index is 6.04. The molecule has 0 spiro atoms. The molecule has 0 aromatic carbocycles. The lowest BCUT2D eigenvalue weighted by molar-refractivity contribution is -0.0341. The van der Waals surface area contributed by atoms with Gasteiger partial charge in [0.2, 0.25) is 0 Å². The molecule has 0 aromatic rings. The van der Waals surface area contributed by atoms with E-state index in [-0.39, 0.29) is 12.1 Å². The fraction of sp³-hybridized carbons (Fsp3) is 1.00. The van der Waals surface area contributed by atoms with Gasteiger partial charge in [-0.1, -0.05) is 0 Å². The standard InChI is InChI=1S/C10H22N2O2/c1-12-5-7-14-10(8-12)9(11)4-3-6-13-2/h9-10H,3-8,11H2,1-2H3. The van der Waals surface area contributed by atoms with Crippen LogP contribution in [0.2, 0.25) is 0 Å². The summed E-state index contributed by atoms with van der Waals surface area (Å²) in [5.41, 5.74) is 6.04. The van der Waals surface area contributed by atoms with Crippen LogP contribution in [-0.4, -0.2) is 57.5 Å². The topological polar surface area (TPSA) is 47.7 Å². The molecule has 0 saturated carbocycles. The van der Waals surface area contributed by atoms with Crippen molar-refractivity contribution >= 4 is 0 Å². The van der Waals surface area contributed by atoms with Crippen molar-refractivity contribution in [3.63, 3.8) is 0 Å². The number of hydrogen-bond acceptors (Lipinski definition) is 4. The van der Waals surface area contributed by atoms with E-state index in [1.807, 2.05) is 0 Å². The van der Waals surface area contributed by atoms with E-state index in [1.165, 1.54) is 0 Å². The highest BCUT2D eigenvalue weighted by atomic mass is 16.5. The number of morpholine rings is 1. The number of methoxy groups -OCH3 is 1. The maximum Gasteiger partial charge on any atom is 0.0853 e. The molecule has 1 fully saturated rings. The van der Waals surface area contributed by atoms with Gasteiger partial charge in [0.25, 0.3) is 0 Å². The third kappa shape index (κ3) is 3.92. The Balaban J connectivity index is 2.18. The Morgan fingerprint density at radius 1 is 1.64 bits per heavy atom. The number of likely N-dealkylation sites (N-methyl/N-ethyl adjacent to an activating group) is 1. The van der Waals surface area contributed by atoms with Crippen molar-refractivity contribution in [2.45, 2.75) is 25.0 Å². The molecule has 1 saturated heterocycles. The van der Waals surface area contributed by atoms with Crippen LogP contribution < -0.4 is 5.73 Å². The van der Waals surface area contributed by atoms with E-state index in [0.717, 1.165) is 39.1 Å². The zero-order valence-electron chi connectivity index (χ0n) is 9.24. The lowest BCUT2D eigenvalue weighted by atomic mass is 10.1.